The molecule has 2 heterocycles. The van der Waals surface area contributed by atoms with E-state index in [1.54, 1.807) is 6.33 Å². The first-order valence-corrected chi connectivity index (χ1v) is 8.15. The maximum absolute atomic E-state index is 9.11. The average Bonchev–Trinajstić information content (AvgIpc) is 2.47. The fraction of sp³-hybridized carbons (Fsp3) is 0.714. The Hall–Kier alpha value is -0.880. The average molecular weight is 343 g/mol. The lowest BCUT2D eigenvalue weighted by molar-refractivity contribution is 0.244. The molecule has 1 saturated heterocycles. The Balaban J connectivity index is 2.11. The summed E-state index contributed by atoms with van der Waals surface area (Å²) in [5.74, 6) is 2.38. The lowest BCUT2D eigenvalue weighted by Gasteiger charge is -2.34. The van der Waals surface area contributed by atoms with Crippen LogP contribution in [0.1, 0.15) is 32.6 Å². The molecule has 112 valence electrons. The van der Waals surface area contributed by atoms with Crippen LogP contribution in [0.5, 0.6) is 0 Å². The molecule has 0 saturated carbocycles. The highest BCUT2D eigenvalue weighted by Crippen LogP contribution is 2.32. The summed E-state index contributed by atoms with van der Waals surface area (Å²) in [6, 6.07) is 0. The summed E-state index contributed by atoms with van der Waals surface area (Å²) in [6.45, 7) is 5.29. The molecule has 20 heavy (non-hydrogen) atoms. The topological polar surface area (TPSA) is 61.3 Å². The SMILES string of the molecule is CCCNc1ncnc(N2CCCC(CCO)C2)c1Br. The van der Waals surface area contributed by atoms with Crippen molar-refractivity contribution in [3.63, 3.8) is 0 Å². The third-order valence-corrected chi connectivity index (χ3v) is 4.40. The van der Waals surface area contributed by atoms with Gasteiger partial charge in [0.05, 0.1) is 0 Å². The summed E-state index contributed by atoms with van der Waals surface area (Å²) < 4.78 is 0.943. The molecular formula is C14H23BrN4O. The van der Waals surface area contributed by atoms with Crippen LogP contribution in [0.3, 0.4) is 0 Å². The van der Waals surface area contributed by atoms with E-state index in [0.29, 0.717) is 5.92 Å². The van der Waals surface area contributed by atoms with Gasteiger partial charge in [-0.25, -0.2) is 9.97 Å². The summed E-state index contributed by atoms with van der Waals surface area (Å²) in [6.07, 6.45) is 5.90. The van der Waals surface area contributed by atoms with Gasteiger partial charge < -0.3 is 15.3 Å². The second-order valence-corrected chi connectivity index (χ2v) is 6.05. The molecule has 0 aliphatic carbocycles. The number of piperidine rings is 1. The first-order valence-electron chi connectivity index (χ1n) is 7.36. The van der Waals surface area contributed by atoms with E-state index in [0.717, 1.165) is 55.0 Å². The monoisotopic (exact) mass is 342 g/mol. The molecule has 0 aromatic carbocycles. The van der Waals surface area contributed by atoms with E-state index in [-0.39, 0.29) is 6.61 Å². The fourth-order valence-corrected chi connectivity index (χ4v) is 3.22. The van der Waals surface area contributed by atoms with Gasteiger partial charge in [0, 0.05) is 26.2 Å². The predicted molar refractivity (Wildman–Crippen MR) is 85.2 cm³/mol. The predicted octanol–water partition coefficient (Wildman–Crippen LogP) is 2.66. The van der Waals surface area contributed by atoms with Crippen molar-refractivity contribution in [2.45, 2.75) is 32.6 Å². The molecule has 1 fully saturated rings. The van der Waals surface area contributed by atoms with Crippen LogP contribution >= 0.6 is 15.9 Å². The van der Waals surface area contributed by atoms with Gasteiger partial charge in [-0.1, -0.05) is 6.92 Å². The quantitative estimate of drug-likeness (QED) is 0.832. The molecule has 5 nitrogen and oxygen atoms in total. The van der Waals surface area contributed by atoms with Gasteiger partial charge in [-0.3, -0.25) is 0 Å². The summed E-state index contributed by atoms with van der Waals surface area (Å²) in [5, 5.41) is 12.4. The van der Waals surface area contributed by atoms with E-state index in [1.807, 2.05) is 0 Å². The van der Waals surface area contributed by atoms with Crippen molar-refractivity contribution in [2.75, 3.05) is 36.5 Å². The Morgan fingerprint density at radius 2 is 2.35 bits per heavy atom. The lowest BCUT2D eigenvalue weighted by Crippen LogP contribution is -2.36. The number of hydrogen-bond acceptors (Lipinski definition) is 5. The Labute approximate surface area is 128 Å². The highest BCUT2D eigenvalue weighted by Gasteiger charge is 2.23. The first kappa shape index (κ1) is 15.5. The number of aliphatic hydroxyl groups is 1. The Morgan fingerprint density at radius 1 is 1.50 bits per heavy atom. The molecule has 1 unspecified atom stereocenters. The Morgan fingerprint density at radius 3 is 3.10 bits per heavy atom. The van der Waals surface area contributed by atoms with E-state index >= 15 is 0 Å². The van der Waals surface area contributed by atoms with Crippen LogP contribution in [0.25, 0.3) is 0 Å². The minimum absolute atomic E-state index is 0.271. The van der Waals surface area contributed by atoms with Gasteiger partial charge in [-0.05, 0) is 47.5 Å². The molecule has 1 aromatic rings. The number of anilines is 2. The van der Waals surface area contributed by atoms with Gasteiger partial charge in [0.25, 0.3) is 0 Å². The van der Waals surface area contributed by atoms with E-state index in [4.69, 9.17) is 5.11 Å². The molecule has 0 radical (unpaired) electrons. The van der Waals surface area contributed by atoms with Crippen LogP contribution in [0.15, 0.2) is 10.8 Å². The maximum atomic E-state index is 9.11. The highest BCUT2D eigenvalue weighted by molar-refractivity contribution is 9.10. The normalized spacial score (nSPS) is 19.1. The van der Waals surface area contributed by atoms with Crippen molar-refractivity contribution in [1.82, 2.24) is 9.97 Å². The Kier molecular flexibility index (Phi) is 6.04. The molecule has 0 spiro atoms. The summed E-state index contributed by atoms with van der Waals surface area (Å²) in [5.41, 5.74) is 0. The molecule has 1 atom stereocenters. The Bertz CT molecular complexity index is 428. The molecule has 1 aromatic heterocycles. The van der Waals surface area contributed by atoms with Gasteiger partial charge in [-0.2, -0.15) is 0 Å². The number of aromatic nitrogens is 2. The molecule has 1 aliphatic heterocycles. The van der Waals surface area contributed by atoms with Crippen molar-refractivity contribution in [3.8, 4) is 0 Å². The van der Waals surface area contributed by atoms with E-state index in [9.17, 15) is 0 Å². The van der Waals surface area contributed by atoms with Crippen LogP contribution in [0.4, 0.5) is 11.6 Å². The molecule has 0 bridgehead atoms. The number of hydrogen-bond donors (Lipinski definition) is 2. The number of halogens is 1. The van der Waals surface area contributed by atoms with Gasteiger partial charge >= 0.3 is 0 Å². The number of aliphatic hydroxyl groups excluding tert-OH is 1. The summed E-state index contributed by atoms with van der Waals surface area (Å²) in [7, 11) is 0. The molecule has 2 rings (SSSR count). The zero-order valence-electron chi connectivity index (χ0n) is 12.0. The van der Waals surface area contributed by atoms with Gasteiger partial charge in [-0.15, -0.1) is 0 Å². The smallest absolute Gasteiger partial charge is 0.148 e. The molecule has 2 N–H and O–H groups in total. The second-order valence-electron chi connectivity index (χ2n) is 5.25. The van der Waals surface area contributed by atoms with Crippen molar-refractivity contribution >= 4 is 27.6 Å². The third kappa shape index (κ3) is 3.82. The van der Waals surface area contributed by atoms with E-state index < -0.39 is 0 Å². The number of nitrogens with zero attached hydrogens (tertiary/aromatic N) is 3. The second kappa shape index (κ2) is 7.78. The molecule has 1 aliphatic rings. The maximum Gasteiger partial charge on any atom is 0.148 e. The largest absolute Gasteiger partial charge is 0.396 e. The number of nitrogens with one attached hydrogen (secondary N) is 1. The van der Waals surface area contributed by atoms with Crippen LogP contribution in [0, 0.1) is 5.92 Å². The summed E-state index contributed by atoms with van der Waals surface area (Å²) >= 11 is 3.63. The summed E-state index contributed by atoms with van der Waals surface area (Å²) in [4.78, 5) is 11.0. The highest BCUT2D eigenvalue weighted by atomic mass is 79.9. The van der Waals surface area contributed by atoms with Crippen LogP contribution in [0.2, 0.25) is 0 Å². The van der Waals surface area contributed by atoms with Crippen molar-refractivity contribution in [3.05, 3.63) is 10.8 Å². The molecule has 6 heteroatoms. The standard InChI is InChI=1S/C14H23BrN4O/c1-2-6-16-13-12(15)14(18-10-17-13)19-7-3-4-11(9-19)5-8-20/h10-11,20H,2-9H2,1H3,(H,16,17,18). The molecular weight excluding hydrogens is 320 g/mol. The minimum atomic E-state index is 0.271. The lowest BCUT2D eigenvalue weighted by atomic mass is 9.95. The zero-order valence-corrected chi connectivity index (χ0v) is 13.6. The van der Waals surface area contributed by atoms with E-state index in [1.165, 1.54) is 6.42 Å². The zero-order chi connectivity index (χ0) is 14.4. The van der Waals surface area contributed by atoms with Crippen molar-refractivity contribution in [2.24, 2.45) is 5.92 Å². The third-order valence-electron chi connectivity index (χ3n) is 3.67. The van der Waals surface area contributed by atoms with Crippen molar-refractivity contribution in [1.29, 1.82) is 0 Å². The van der Waals surface area contributed by atoms with E-state index in [2.05, 4.69) is 43.0 Å². The van der Waals surface area contributed by atoms with Gasteiger partial charge in [0.15, 0.2) is 0 Å². The molecule has 0 amide bonds. The fourth-order valence-electron chi connectivity index (χ4n) is 2.62. The van der Waals surface area contributed by atoms with Crippen LogP contribution < -0.4 is 10.2 Å². The van der Waals surface area contributed by atoms with Crippen LogP contribution in [-0.4, -0.2) is 41.3 Å². The minimum Gasteiger partial charge on any atom is -0.396 e. The first-order chi connectivity index (χ1) is 9.76. The van der Waals surface area contributed by atoms with Gasteiger partial charge in [0.2, 0.25) is 0 Å². The van der Waals surface area contributed by atoms with Crippen molar-refractivity contribution < 1.29 is 5.11 Å². The van der Waals surface area contributed by atoms with Crippen LogP contribution in [-0.2, 0) is 0 Å². The van der Waals surface area contributed by atoms with Gasteiger partial charge in [0.1, 0.15) is 22.4 Å². The number of rotatable bonds is 6.